The maximum absolute atomic E-state index is 8.82. The van der Waals surface area contributed by atoms with Gasteiger partial charge in [0, 0.05) is 16.5 Å². The van der Waals surface area contributed by atoms with Crippen molar-refractivity contribution in [2.45, 2.75) is 0 Å². The average molecular weight is 244 g/mol. The molecule has 7 heteroatoms. The predicted octanol–water partition coefficient (Wildman–Crippen LogP) is -4.62. The Morgan fingerprint density at radius 1 is 1.29 bits per heavy atom. The third kappa shape index (κ3) is 66.1. The van der Waals surface area contributed by atoms with E-state index in [1.165, 1.54) is 0 Å². The van der Waals surface area contributed by atoms with Gasteiger partial charge >= 0.3 is 80.8 Å². The first-order valence-corrected chi connectivity index (χ1v) is 3.63. The Morgan fingerprint density at radius 3 is 1.29 bits per heavy atom. The van der Waals surface area contributed by atoms with E-state index in [0.29, 0.717) is 0 Å². The Morgan fingerprint density at radius 2 is 1.29 bits per heavy atom. The first-order chi connectivity index (χ1) is 2.00. The summed E-state index contributed by atoms with van der Waals surface area (Å²) in [5, 5.41) is 0. The second-order valence-electron chi connectivity index (χ2n) is 0.448. The van der Waals surface area contributed by atoms with Crippen LogP contribution in [0.4, 0.5) is 0 Å². The molecule has 0 rings (SSSR count). The molecular formula is H3KNiO4Se. The van der Waals surface area contributed by atoms with Gasteiger partial charge in [0.1, 0.15) is 0 Å². The average Bonchev–Trinajstić information content (AvgIpc) is 0.722. The van der Waals surface area contributed by atoms with E-state index in [0.717, 1.165) is 0 Å². The van der Waals surface area contributed by atoms with Crippen molar-refractivity contribution < 1.29 is 85.3 Å². The van der Waals surface area contributed by atoms with Gasteiger partial charge in [0.15, 0.2) is 0 Å². The fourth-order valence-corrected chi connectivity index (χ4v) is 0. The summed E-state index contributed by atoms with van der Waals surface area (Å²) in [4.78, 5) is 0. The van der Waals surface area contributed by atoms with Crippen LogP contribution in [0, 0.1) is 0 Å². The normalized spacial score (nSPS) is 8.29. The largest absolute Gasteiger partial charge is 1.00 e. The van der Waals surface area contributed by atoms with Crippen LogP contribution < -0.4 is 51.4 Å². The quantitative estimate of drug-likeness (QED) is 0.420. The maximum atomic E-state index is 8.82. The van der Waals surface area contributed by atoms with Crippen LogP contribution in [0.15, 0.2) is 0 Å². The number of hydrogen-bond acceptors (Lipinski definition) is 2. The molecule has 44 valence electrons. The van der Waals surface area contributed by atoms with E-state index in [9.17, 15) is 0 Å². The van der Waals surface area contributed by atoms with E-state index in [2.05, 4.69) is 0 Å². The molecule has 0 atom stereocenters. The monoisotopic (exact) mass is 244 g/mol. The van der Waals surface area contributed by atoms with Gasteiger partial charge in [-0.3, -0.25) is 0 Å². The zero-order valence-corrected chi connectivity index (χ0v) is 9.26. The van der Waals surface area contributed by atoms with Crippen LogP contribution in [-0.4, -0.2) is 21.7 Å². The minimum atomic E-state index is -5.25. The summed E-state index contributed by atoms with van der Waals surface area (Å²) in [6, 6.07) is 0. The molecule has 0 aromatic heterocycles. The molecular weight excluding hydrogens is 241 g/mol. The first kappa shape index (κ1) is 16.1. The Bertz CT molecular complexity index is 99.2. The smallest absolute Gasteiger partial charge is 1.00 e. The topological polar surface area (TPSA) is 74.6 Å². The Kier molecular flexibility index (Phi) is 14.5. The fourth-order valence-electron chi connectivity index (χ4n) is 0. The molecule has 7 heavy (non-hydrogen) atoms. The van der Waals surface area contributed by atoms with Crippen molar-refractivity contribution in [3.63, 3.8) is 0 Å². The van der Waals surface area contributed by atoms with Gasteiger partial charge in [0.25, 0.3) is 0 Å². The zero-order valence-electron chi connectivity index (χ0n) is 4.44. The van der Waals surface area contributed by atoms with Gasteiger partial charge in [-0.1, -0.05) is 0 Å². The van der Waals surface area contributed by atoms with Crippen molar-refractivity contribution in [3.8, 4) is 0 Å². The molecule has 0 spiro atoms. The third-order valence-electron chi connectivity index (χ3n) is 0. The Balaban J connectivity index is -0.0000000267. The van der Waals surface area contributed by atoms with Gasteiger partial charge in [-0.25, -0.2) is 0 Å². The van der Waals surface area contributed by atoms with Crippen LogP contribution in [0.5, 0.6) is 0 Å². The molecule has 0 aromatic rings. The van der Waals surface area contributed by atoms with Crippen molar-refractivity contribution in [3.05, 3.63) is 0 Å². The summed E-state index contributed by atoms with van der Waals surface area (Å²) in [6.45, 7) is 0. The molecule has 0 bridgehead atoms. The van der Waals surface area contributed by atoms with Crippen molar-refractivity contribution in [2.75, 3.05) is 0 Å². The Labute approximate surface area is 96.8 Å². The van der Waals surface area contributed by atoms with Gasteiger partial charge in [-0.15, -0.1) is 0 Å². The molecule has 0 unspecified atom stereocenters. The first-order valence-electron chi connectivity index (χ1n) is 0.698. The van der Waals surface area contributed by atoms with E-state index < -0.39 is 13.4 Å². The van der Waals surface area contributed by atoms with Gasteiger partial charge in [0.05, 0.1) is 0 Å². The molecule has 0 aliphatic rings. The molecule has 0 radical (unpaired) electrons. The summed E-state index contributed by atoms with van der Waals surface area (Å²) in [5.41, 5.74) is 0. The van der Waals surface area contributed by atoms with E-state index in [1.807, 2.05) is 0 Å². The molecule has 0 aromatic carbocycles. The van der Waals surface area contributed by atoms with Crippen LogP contribution in [-0.2, 0) is 24.2 Å². The molecule has 0 saturated carbocycles. The molecule has 0 saturated heterocycles. The second-order valence-corrected chi connectivity index (χ2v) is 2.33. The van der Waals surface area contributed by atoms with Crippen molar-refractivity contribution in [1.82, 2.24) is 0 Å². The van der Waals surface area contributed by atoms with Crippen molar-refractivity contribution in [1.29, 1.82) is 0 Å². The molecule has 2 N–H and O–H groups in total. The number of hydrogen-bond donors (Lipinski definition) is 2. The molecule has 0 aliphatic heterocycles. The molecule has 4 nitrogen and oxygen atoms in total. The SMILES string of the molecule is O=[Se](=O)(O)O.[H-].[K+].[Ni]. The summed E-state index contributed by atoms with van der Waals surface area (Å²) < 4.78 is 31.9. The standard InChI is InChI=1S/K.Ni.H2O4Se.H/c;;1-5(2,3)4;/h;;(H2,1,2,3,4);/q+1;;;-1. The van der Waals surface area contributed by atoms with Crippen LogP contribution in [0.25, 0.3) is 0 Å². The minimum Gasteiger partial charge on any atom is -1.00 e. The maximum Gasteiger partial charge on any atom is 1.00 e. The fraction of sp³-hybridized carbons (Fsp3) is 0. The zero-order chi connectivity index (χ0) is 4.50. The van der Waals surface area contributed by atoms with Gasteiger partial charge in [0.2, 0.25) is 0 Å². The van der Waals surface area contributed by atoms with E-state index in [-0.39, 0.29) is 69.3 Å². The van der Waals surface area contributed by atoms with Crippen LogP contribution in [0.3, 0.4) is 0 Å². The second kappa shape index (κ2) is 6.29. The van der Waals surface area contributed by atoms with Crippen molar-refractivity contribution in [2.24, 2.45) is 0 Å². The van der Waals surface area contributed by atoms with Crippen LogP contribution in [0.1, 0.15) is 1.43 Å². The van der Waals surface area contributed by atoms with Crippen molar-refractivity contribution >= 4 is 13.4 Å². The predicted molar refractivity (Wildman–Crippen MR) is 12.7 cm³/mol. The van der Waals surface area contributed by atoms with Crippen LogP contribution >= 0.6 is 0 Å². The third-order valence-corrected chi connectivity index (χ3v) is 0. The minimum absolute atomic E-state index is 0. The van der Waals surface area contributed by atoms with Gasteiger partial charge in [-0.05, 0) is 0 Å². The number of rotatable bonds is 0. The van der Waals surface area contributed by atoms with E-state index >= 15 is 0 Å². The molecule has 0 amide bonds. The van der Waals surface area contributed by atoms with Gasteiger partial charge in [-0.2, -0.15) is 0 Å². The summed E-state index contributed by atoms with van der Waals surface area (Å²) in [7, 11) is 0. The molecule has 0 fully saturated rings. The molecule has 0 aliphatic carbocycles. The van der Waals surface area contributed by atoms with E-state index in [4.69, 9.17) is 16.0 Å². The Hall–Kier alpha value is 2.17. The molecule has 0 heterocycles. The summed E-state index contributed by atoms with van der Waals surface area (Å²) >= 11 is -5.25. The van der Waals surface area contributed by atoms with E-state index in [1.54, 1.807) is 0 Å². The van der Waals surface area contributed by atoms with Gasteiger partial charge < -0.3 is 1.43 Å². The summed E-state index contributed by atoms with van der Waals surface area (Å²) in [5.74, 6) is 0. The van der Waals surface area contributed by atoms with Crippen LogP contribution in [0.2, 0.25) is 0 Å². The summed E-state index contributed by atoms with van der Waals surface area (Å²) in [6.07, 6.45) is 0.